The number of aryl methyl sites for hydroxylation is 3. The van der Waals surface area contributed by atoms with Gasteiger partial charge >= 0.3 is 0 Å². The molecule has 0 radical (unpaired) electrons. The second-order valence-corrected chi connectivity index (χ2v) is 6.97. The molecule has 1 amide bonds. The van der Waals surface area contributed by atoms with Crippen LogP contribution in [0.1, 0.15) is 48.8 Å². The van der Waals surface area contributed by atoms with Crippen molar-refractivity contribution < 1.29 is 4.79 Å². The summed E-state index contributed by atoms with van der Waals surface area (Å²) >= 11 is 0. The number of hydrogen-bond donors (Lipinski definition) is 0. The summed E-state index contributed by atoms with van der Waals surface area (Å²) in [5.41, 5.74) is 3.95. The van der Waals surface area contributed by atoms with E-state index in [-0.39, 0.29) is 11.9 Å². The van der Waals surface area contributed by atoms with Gasteiger partial charge in [-0.15, -0.1) is 0 Å². The molecular formula is C19H24N6O. The van der Waals surface area contributed by atoms with Crippen LogP contribution in [0.5, 0.6) is 0 Å². The van der Waals surface area contributed by atoms with E-state index in [0.29, 0.717) is 12.8 Å². The fraction of sp³-hybridized carbons (Fsp3) is 0.474. The maximum atomic E-state index is 12.9. The highest BCUT2D eigenvalue weighted by Gasteiger charge is 2.29. The molecule has 1 unspecified atom stereocenters. The van der Waals surface area contributed by atoms with Crippen molar-refractivity contribution in [2.24, 2.45) is 7.05 Å². The molecule has 1 saturated heterocycles. The predicted octanol–water partition coefficient (Wildman–Crippen LogP) is 2.46. The van der Waals surface area contributed by atoms with E-state index < -0.39 is 0 Å². The van der Waals surface area contributed by atoms with Gasteiger partial charge in [0.2, 0.25) is 5.91 Å². The second-order valence-electron chi connectivity index (χ2n) is 6.97. The average Bonchev–Trinajstić information content (AvgIpc) is 3.28. The summed E-state index contributed by atoms with van der Waals surface area (Å²) in [5.74, 6) is 0.198. The minimum absolute atomic E-state index is 0.0568. The molecule has 0 saturated carbocycles. The van der Waals surface area contributed by atoms with E-state index in [4.69, 9.17) is 4.98 Å². The average molecular weight is 352 g/mol. The van der Waals surface area contributed by atoms with Crippen molar-refractivity contribution in [2.45, 2.75) is 45.1 Å². The Morgan fingerprint density at radius 3 is 2.88 bits per heavy atom. The van der Waals surface area contributed by atoms with Gasteiger partial charge in [-0.1, -0.05) is 0 Å². The lowest BCUT2D eigenvalue weighted by molar-refractivity contribution is -0.135. The van der Waals surface area contributed by atoms with Gasteiger partial charge in [0.05, 0.1) is 17.9 Å². The largest absolute Gasteiger partial charge is 0.334 e. The zero-order chi connectivity index (χ0) is 18.1. The number of amides is 1. The van der Waals surface area contributed by atoms with E-state index >= 15 is 0 Å². The Bertz CT molecular complexity index is 927. The summed E-state index contributed by atoms with van der Waals surface area (Å²) in [4.78, 5) is 19.7. The first-order valence-electron chi connectivity index (χ1n) is 9.21. The Labute approximate surface area is 152 Å². The predicted molar refractivity (Wildman–Crippen MR) is 97.6 cm³/mol. The number of piperidine rings is 1. The SMILES string of the molecule is Cc1cc(C2CCCCN2C(=O)CCc2ccnn2C)nc2ccnn12. The summed E-state index contributed by atoms with van der Waals surface area (Å²) in [5, 5.41) is 8.47. The highest BCUT2D eigenvalue weighted by Crippen LogP contribution is 2.31. The zero-order valence-electron chi connectivity index (χ0n) is 15.3. The maximum absolute atomic E-state index is 12.9. The fourth-order valence-corrected chi connectivity index (χ4v) is 3.83. The van der Waals surface area contributed by atoms with Gasteiger partial charge in [0.1, 0.15) is 0 Å². The molecule has 0 aromatic carbocycles. The van der Waals surface area contributed by atoms with Crippen molar-refractivity contribution in [1.29, 1.82) is 0 Å². The highest BCUT2D eigenvalue weighted by atomic mass is 16.2. The van der Waals surface area contributed by atoms with Crippen LogP contribution in [-0.4, -0.2) is 41.7 Å². The van der Waals surface area contributed by atoms with E-state index in [1.807, 2.05) is 40.2 Å². The van der Waals surface area contributed by atoms with Gasteiger partial charge in [-0.25, -0.2) is 9.50 Å². The molecule has 4 rings (SSSR count). The summed E-state index contributed by atoms with van der Waals surface area (Å²) in [6.07, 6.45) is 7.90. The van der Waals surface area contributed by atoms with Crippen LogP contribution in [0.4, 0.5) is 0 Å². The lowest BCUT2D eigenvalue weighted by Gasteiger charge is -2.35. The fourth-order valence-electron chi connectivity index (χ4n) is 3.83. The molecule has 3 aromatic heterocycles. The summed E-state index contributed by atoms with van der Waals surface area (Å²) < 4.78 is 3.67. The number of rotatable bonds is 4. The molecule has 7 nitrogen and oxygen atoms in total. The van der Waals surface area contributed by atoms with Gasteiger partial charge in [0.15, 0.2) is 5.65 Å². The van der Waals surface area contributed by atoms with E-state index in [2.05, 4.69) is 16.3 Å². The van der Waals surface area contributed by atoms with E-state index in [0.717, 1.165) is 48.5 Å². The van der Waals surface area contributed by atoms with Crippen molar-refractivity contribution in [3.63, 3.8) is 0 Å². The molecule has 0 aliphatic carbocycles. The number of carbonyl (C=O) groups excluding carboxylic acids is 1. The monoisotopic (exact) mass is 352 g/mol. The zero-order valence-corrected chi connectivity index (χ0v) is 15.3. The molecule has 3 aromatic rings. The third-order valence-corrected chi connectivity index (χ3v) is 5.24. The van der Waals surface area contributed by atoms with Crippen molar-refractivity contribution in [2.75, 3.05) is 6.54 Å². The topological polar surface area (TPSA) is 68.3 Å². The third-order valence-electron chi connectivity index (χ3n) is 5.24. The molecule has 0 spiro atoms. The first-order valence-corrected chi connectivity index (χ1v) is 9.21. The van der Waals surface area contributed by atoms with Crippen LogP contribution in [0.2, 0.25) is 0 Å². The number of fused-ring (bicyclic) bond motifs is 1. The number of likely N-dealkylation sites (tertiary alicyclic amines) is 1. The molecule has 1 aliphatic heterocycles. The van der Waals surface area contributed by atoms with Crippen LogP contribution >= 0.6 is 0 Å². The smallest absolute Gasteiger partial charge is 0.223 e. The van der Waals surface area contributed by atoms with Crippen molar-refractivity contribution in [1.82, 2.24) is 29.3 Å². The van der Waals surface area contributed by atoms with Gasteiger partial charge < -0.3 is 4.90 Å². The van der Waals surface area contributed by atoms with Crippen molar-refractivity contribution in [3.8, 4) is 0 Å². The van der Waals surface area contributed by atoms with Crippen molar-refractivity contribution in [3.05, 3.63) is 47.7 Å². The standard InChI is InChI=1S/C19H24N6O/c1-14-13-16(22-18-9-11-21-25(14)18)17-5-3-4-12-24(17)19(26)7-6-15-8-10-20-23(15)2/h8-11,13,17H,3-7,12H2,1-2H3. The minimum atomic E-state index is 0.0568. The van der Waals surface area contributed by atoms with Gasteiger partial charge in [-0.3, -0.25) is 9.48 Å². The molecule has 0 bridgehead atoms. The normalized spacial score (nSPS) is 17.8. The molecule has 7 heteroatoms. The van der Waals surface area contributed by atoms with Crippen molar-refractivity contribution >= 4 is 11.6 Å². The Balaban J connectivity index is 1.55. The lowest BCUT2D eigenvalue weighted by atomic mass is 9.98. The number of carbonyl (C=O) groups is 1. The van der Waals surface area contributed by atoms with Crippen LogP contribution in [0.15, 0.2) is 30.6 Å². The van der Waals surface area contributed by atoms with E-state index in [9.17, 15) is 4.79 Å². The van der Waals surface area contributed by atoms with Crippen LogP contribution in [0.3, 0.4) is 0 Å². The van der Waals surface area contributed by atoms with Gasteiger partial charge in [0.25, 0.3) is 0 Å². The van der Waals surface area contributed by atoms with E-state index in [1.54, 1.807) is 12.4 Å². The molecular weight excluding hydrogens is 328 g/mol. The minimum Gasteiger partial charge on any atom is -0.334 e. The molecule has 26 heavy (non-hydrogen) atoms. The third kappa shape index (κ3) is 3.09. The Morgan fingerprint density at radius 2 is 2.08 bits per heavy atom. The molecule has 0 N–H and O–H groups in total. The number of hydrogen-bond acceptors (Lipinski definition) is 4. The van der Waals surface area contributed by atoms with Crippen LogP contribution in [0.25, 0.3) is 5.65 Å². The summed E-state index contributed by atoms with van der Waals surface area (Å²) in [6, 6.07) is 6.01. The van der Waals surface area contributed by atoms with Gasteiger partial charge in [-0.05, 0) is 44.7 Å². The lowest BCUT2D eigenvalue weighted by Crippen LogP contribution is -2.39. The van der Waals surface area contributed by atoms with Gasteiger partial charge in [0, 0.05) is 43.7 Å². The molecule has 1 fully saturated rings. The van der Waals surface area contributed by atoms with Gasteiger partial charge in [-0.2, -0.15) is 10.2 Å². The first-order chi connectivity index (χ1) is 12.6. The molecule has 1 aliphatic rings. The molecule has 136 valence electrons. The van der Waals surface area contributed by atoms with E-state index in [1.165, 1.54) is 0 Å². The Hall–Kier alpha value is -2.70. The highest BCUT2D eigenvalue weighted by molar-refractivity contribution is 5.77. The summed E-state index contributed by atoms with van der Waals surface area (Å²) in [7, 11) is 1.91. The molecule has 4 heterocycles. The number of aromatic nitrogens is 5. The quantitative estimate of drug-likeness (QED) is 0.723. The Morgan fingerprint density at radius 1 is 1.23 bits per heavy atom. The Kier molecular flexibility index (Phi) is 4.44. The van der Waals surface area contributed by atoms with Crippen LogP contribution in [0, 0.1) is 6.92 Å². The number of nitrogens with zero attached hydrogens (tertiary/aromatic N) is 6. The first kappa shape index (κ1) is 16.8. The molecule has 1 atom stereocenters. The van der Waals surface area contributed by atoms with Crippen LogP contribution < -0.4 is 0 Å². The second kappa shape index (κ2) is 6.90. The summed E-state index contributed by atoms with van der Waals surface area (Å²) in [6.45, 7) is 2.84. The van der Waals surface area contributed by atoms with Crippen LogP contribution in [-0.2, 0) is 18.3 Å². The maximum Gasteiger partial charge on any atom is 0.223 e.